The van der Waals surface area contributed by atoms with E-state index in [1.807, 2.05) is 85.8 Å². The van der Waals surface area contributed by atoms with Crippen molar-refractivity contribution in [3.05, 3.63) is 90.3 Å². The van der Waals surface area contributed by atoms with Crippen LogP contribution in [0.3, 0.4) is 0 Å². The van der Waals surface area contributed by atoms with Crippen LogP contribution in [0.4, 0.5) is 0 Å². The van der Waals surface area contributed by atoms with Gasteiger partial charge in [-0.15, -0.1) is 0 Å². The number of aromatic nitrogens is 2. The minimum atomic E-state index is -4.50. The summed E-state index contributed by atoms with van der Waals surface area (Å²) >= 11 is 0. The fourth-order valence-electron chi connectivity index (χ4n) is 4.31. The van der Waals surface area contributed by atoms with Crippen molar-refractivity contribution in [3.8, 4) is 22.3 Å². The van der Waals surface area contributed by atoms with E-state index in [0.29, 0.717) is 27.5 Å². The van der Waals surface area contributed by atoms with E-state index in [9.17, 15) is 13.0 Å². The molecule has 3 aromatic carbocycles. The Kier molecular flexibility index (Phi) is 4.77. The van der Waals surface area contributed by atoms with E-state index in [0.717, 1.165) is 22.2 Å². The summed E-state index contributed by atoms with van der Waals surface area (Å²) in [6.07, 6.45) is 0. The van der Waals surface area contributed by atoms with E-state index in [4.69, 9.17) is 4.98 Å². The van der Waals surface area contributed by atoms with E-state index < -0.39 is 10.1 Å². The lowest BCUT2D eigenvalue weighted by Gasteiger charge is -2.16. The molecule has 0 amide bonds. The highest BCUT2D eigenvalue weighted by Crippen LogP contribution is 2.39. The first-order valence-corrected chi connectivity index (χ1v) is 11.6. The van der Waals surface area contributed by atoms with Gasteiger partial charge >= 0.3 is 0 Å². The molecule has 0 aliphatic rings. The van der Waals surface area contributed by atoms with Crippen LogP contribution >= 0.6 is 0 Å². The van der Waals surface area contributed by atoms with Crippen molar-refractivity contribution in [1.82, 2.24) is 9.97 Å². The predicted molar refractivity (Wildman–Crippen MR) is 127 cm³/mol. The van der Waals surface area contributed by atoms with E-state index in [-0.39, 0.29) is 10.6 Å². The Bertz CT molecular complexity index is 1600. The fourth-order valence-corrected chi connectivity index (χ4v) is 5.21. The van der Waals surface area contributed by atoms with Gasteiger partial charge in [-0.05, 0) is 36.6 Å². The lowest BCUT2D eigenvalue weighted by atomic mass is 9.95. The molecule has 0 atom stereocenters. The third-order valence-electron chi connectivity index (χ3n) is 5.59. The van der Waals surface area contributed by atoms with Crippen LogP contribution in [0.2, 0.25) is 0 Å². The highest BCUT2D eigenvalue weighted by atomic mass is 32.2. The van der Waals surface area contributed by atoms with Crippen molar-refractivity contribution in [2.75, 3.05) is 0 Å². The summed E-state index contributed by atoms with van der Waals surface area (Å²) in [6, 6.07) is 25.1. The Hall–Kier alpha value is -3.61. The Morgan fingerprint density at radius 3 is 1.91 bits per heavy atom. The maximum Gasteiger partial charge on any atom is 0.296 e. The third kappa shape index (κ3) is 3.34. The number of aryl methyl sites for hydroxylation is 2. The predicted octanol–water partition coefficient (Wildman–Crippen LogP) is 5.98. The number of benzene rings is 3. The average Bonchev–Trinajstić information content (AvgIpc) is 2.78. The second-order valence-corrected chi connectivity index (χ2v) is 9.14. The standard InChI is InChI=1S/C26H20N2O3S/c1-16-15-22(18-9-5-3-6-10-18)20-13-14-21-23(19-11-7-4-8-12-19)26(32(29,30)31)17(2)28-25(21)24(20)27-16/h3-15H,1-2H3,(H,29,30,31). The highest BCUT2D eigenvalue weighted by molar-refractivity contribution is 7.86. The van der Waals surface area contributed by atoms with Gasteiger partial charge in [-0.2, -0.15) is 8.42 Å². The molecule has 2 aromatic heterocycles. The molecule has 0 aliphatic carbocycles. The molecule has 2 heterocycles. The van der Waals surface area contributed by atoms with Crippen LogP contribution in [-0.4, -0.2) is 22.9 Å². The van der Waals surface area contributed by atoms with Gasteiger partial charge in [-0.25, -0.2) is 4.98 Å². The Morgan fingerprint density at radius 2 is 1.28 bits per heavy atom. The largest absolute Gasteiger partial charge is 0.296 e. The topological polar surface area (TPSA) is 80.2 Å². The van der Waals surface area contributed by atoms with Crippen LogP contribution in [-0.2, 0) is 10.1 Å². The summed E-state index contributed by atoms with van der Waals surface area (Å²) in [5.41, 5.74) is 5.59. The molecule has 0 bridgehead atoms. The maximum absolute atomic E-state index is 12.3. The summed E-state index contributed by atoms with van der Waals surface area (Å²) in [4.78, 5) is 9.24. The smallest absolute Gasteiger partial charge is 0.282 e. The molecular formula is C26H20N2O3S. The first kappa shape index (κ1) is 20.3. The fraction of sp³-hybridized carbons (Fsp3) is 0.0769. The molecule has 6 heteroatoms. The van der Waals surface area contributed by atoms with E-state index in [2.05, 4.69) is 4.98 Å². The zero-order valence-corrected chi connectivity index (χ0v) is 18.4. The molecule has 0 saturated carbocycles. The van der Waals surface area contributed by atoms with Gasteiger partial charge in [0.1, 0.15) is 4.90 Å². The van der Waals surface area contributed by atoms with Crippen molar-refractivity contribution in [1.29, 1.82) is 0 Å². The van der Waals surface area contributed by atoms with E-state index in [1.165, 1.54) is 0 Å². The van der Waals surface area contributed by atoms with Gasteiger partial charge in [0.2, 0.25) is 0 Å². The van der Waals surface area contributed by atoms with Crippen LogP contribution in [0.15, 0.2) is 83.8 Å². The summed E-state index contributed by atoms with van der Waals surface area (Å²) in [5, 5.41) is 1.55. The van der Waals surface area contributed by atoms with Gasteiger partial charge in [0, 0.05) is 22.0 Å². The van der Waals surface area contributed by atoms with Crippen molar-refractivity contribution in [2.24, 2.45) is 0 Å². The van der Waals surface area contributed by atoms with Crippen molar-refractivity contribution >= 4 is 31.9 Å². The molecular weight excluding hydrogens is 420 g/mol. The van der Waals surface area contributed by atoms with Crippen molar-refractivity contribution in [2.45, 2.75) is 18.7 Å². The van der Waals surface area contributed by atoms with Crippen LogP contribution in [0.1, 0.15) is 11.4 Å². The Labute approximate surface area is 186 Å². The summed E-state index contributed by atoms with van der Waals surface area (Å²) in [6.45, 7) is 3.53. The summed E-state index contributed by atoms with van der Waals surface area (Å²) < 4.78 is 34.7. The van der Waals surface area contributed by atoms with Gasteiger partial charge in [0.05, 0.1) is 16.7 Å². The van der Waals surface area contributed by atoms with Crippen molar-refractivity contribution in [3.63, 3.8) is 0 Å². The monoisotopic (exact) mass is 440 g/mol. The zero-order chi connectivity index (χ0) is 22.5. The first-order valence-electron chi connectivity index (χ1n) is 10.2. The van der Waals surface area contributed by atoms with E-state index in [1.54, 1.807) is 6.92 Å². The summed E-state index contributed by atoms with van der Waals surface area (Å²) in [5.74, 6) is 0. The minimum absolute atomic E-state index is 0.175. The Balaban J connectivity index is 1.97. The molecule has 5 rings (SSSR count). The van der Waals surface area contributed by atoms with Gasteiger partial charge < -0.3 is 0 Å². The van der Waals surface area contributed by atoms with Crippen LogP contribution in [0.25, 0.3) is 44.1 Å². The molecule has 32 heavy (non-hydrogen) atoms. The lowest BCUT2D eigenvalue weighted by molar-refractivity contribution is 0.482. The van der Waals surface area contributed by atoms with Gasteiger partial charge in [-0.1, -0.05) is 72.8 Å². The molecule has 0 unspecified atom stereocenters. The minimum Gasteiger partial charge on any atom is -0.282 e. The van der Waals surface area contributed by atoms with Gasteiger partial charge in [-0.3, -0.25) is 9.54 Å². The quantitative estimate of drug-likeness (QED) is 0.276. The molecule has 0 spiro atoms. The number of hydrogen-bond donors (Lipinski definition) is 1. The van der Waals surface area contributed by atoms with Gasteiger partial charge in [0.15, 0.2) is 0 Å². The third-order valence-corrected chi connectivity index (χ3v) is 6.61. The molecule has 158 valence electrons. The molecule has 0 aliphatic heterocycles. The van der Waals surface area contributed by atoms with Crippen LogP contribution < -0.4 is 0 Å². The van der Waals surface area contributed by atoms with Crippen LogP contribution in [0.5, 0.6) is 0 Å². The normalized spacial score (nSPS) is 11.8. The molecule has 5 aromatic rings. The van der Waals surface area contributed by atoms with Gasteiger partial charge in [0.25, 0.3) is 10.1 Å². The number of hydrogen-bond acceptors (Lipinski definition) is 4. The molecule has 0 saturated heterocycles. The molecule has 0 fully saturated rings. The van der Waals surface area contributed by atoms with Crippen LogP contribution in [0, 0.1) is 13.8 Å². The second-order valence-electron chi connectivity index (χ2n) is 7.78. The first-order chi connectivity index (χ1) is 15.3. The molecule has 1 N–H and O–H groups in total. The van der Waals surface area contributed by atoms with E-state index >= 15 is 0 Å². The zero-order valence-electron chi connectivity index (χ0n) is 17.6. The maximum atomic E-state index is 12.3. The number of fused-ring (bicyclic) bond motifs is 3. The highest BCUT2D eigenvalue weighted by Gasteiger charge is 2.25. The SMILES string of the molecule is Cc1cc(-c2ccccc2)c2ccc3c(-c4ccccc4)c(S(=O)(=O)O)c(C)nc3c2n1. The number of rotatable bonds is 3. The summed E-state index contributed by atoms with van der Waals surface area (Å²) in [7, 11) is -4.50. The number of pyridine rings is 2. The number of nitrogens with zero attached hydrogens (tertiary/aromatic N) is 2. The lowest BCUT2D eigenvalue weighted by Crippen LogP contribution is -2.07. The second kappa shape index (κ2) is 7.51. The molecule has 5 nitrogen and oxygen atoms in total. The Morgan fingerprint density at radius 1 is 0.719 bits per heavy atom. The average molecular weight is 441 g/mol. The van der Waals surface area contributed by atoms with Crippen molar-refractivity contribution < 1.29 is 13.0 Å². The molecule has 0 radical (unpaired) electrons.